The number of hydrogen-bond donors (Lipinski definition) is 4. The molecule has 2 rings (SSSR count). The van der Waals surface area contributed by atoms with Crippen LogP contribution in [-0.2, 0) is 0 Å². The van der Waals surface area contributed by atoms with Crippen LogP contribution in [0.2, 0.25) is 0 Å². The Balaban J connectivity index is 2.65. The summed E-state index contributed by atoms with van der Waals surface area (Å²) in [5, 5.41) is 0.933. The Bertz CT molecular complexity index is 592. The molecule has 2 aromatic rings. The summed E-state index contributed by atoms with van der Waals surface area (Å²) < 4.78 is 0.919. The highest BCUT2D eigenvalue weighted by atomic mass is 32.2. The van der Waals surface area contributed by atoms with Crippen molar-refractivity contribution in [3.8, 4) is 0 Å². The number of fused-ring (bicyclic) bond motifs is 1. The SMILES string of the molecule is Cc1c(C(=O)NN)sc2sc(C(=O)NN)c(C)c12. The normalized spacial score (nSPS) is 10.7. The number of nitrogens with one attached hydrogen (secondary N) is 2. The third-order valence-corrected chi connectivity index (χ3v) is 5.37. The Morgan fingerprint density at radius 1 is 0.944 bits per heavy atom. The van der Waals surface area contributed by atoms with Gasteiger partial charge in [0, 0.05) is 5.39 Å². The van der Waals surface area contributed by atoms with Crippen LogP contribution >= 0.6 is 22.7 Å². The Morgan fingerprint density at radius 2 is 1.33 bits per heavy atom. The molecule has 96 valence electrons. The topological polar surface area (TPSA) is 110 Å². The average Bonchev–Trinajstić information content (AvgIpc) is 2.86. The summed E-state index contributed by atoms with van der Waals surface area (Å²) in [6, 6.07) is 0. The number of hydrazine groups is 2. The van der Waals surface area contributed by atoms with Crippen LogP contribution < -0.4 is 22.5 Å². The largest absolute Gasteiger partial charge is 0.289 e. The highest BCUT2D eigenvalue weighted by Crippen LogP contribution is 2.40. The molecule has 0 saturated heterocycles. The summed E-state index contributed by atoms with van der Waals surface area (Å²) >= 11 is 2.65. The second kappa shape index (κ2) is 4.65. The molecule has 0 aliphatic carbocycles. The van der Waals surface area contributed by atoms with Crippen LogP contribution in [0.1, 0.15) is 30.5 Å². The van der Waals surface area contributed by atoms with Crippen molar-refractivity contribution >= 4 is 43.9 Å². The fourth-order valence-electron chi connectivity index (χ4n) is 1.84. The zero-order valence-electron chi connectivity index (χ0n) is 9.79. The molecule has 0 atom stereocenters. The van der Waals surface area contributed by atoms with E-state index in [1.807, 2.05) is 13.8 Å². The molecule has 0 aliphatic rings. The number of carbonyl (C=O) groups excluding carboxylic acids is 2. The number of nitrogen functional groups attached to an aromatic ring is 2. The van der Waals surface area contributed by atoms with E-state index in [-0.39, 0.29) is 11.8 Å². The van der Waals surface area contributed by atoms with Crippen molar-refractivity contribution < 1.29 is 9.59 Å². The van der Waals surface area contributed by atoms with Crippen LogP contribution in [0, 0.1) is 13.8 Å². The van der Waals surface area contributed by atoms with Gasteiger partial charge in [0.1, 0.15) is 0 Å². The monoisotopic (exact) mass is 284 g/mol. The molecule has 0 saturated carbocycles. The van der Waals surface area contributed by atoms with Crippen LogP contribution in [-0.4, -0.2) is 11.8 Å². The number of carbonyl (C=O) groups is 2. The summed E-state index contributed by atoms with van der Waals surface area (Å²) in [6.45, 7) is 3.68. The van der Waals surface area contributed by atoms with Crippen molar-refractivity contribution in [3.05, 3.63) is 20.9 Å². The zero-order valence-corrected chi connectivity index (χ0v) is 11.4. The third kappa shape index (κ3) is 1.79. The molecule has 0 aromatic carbocycles. The fourth-order valence-corrected chi connectivity index (χ4v) is 4.51. The standard InChI is InChI=1S/C10H12N4O2S2/c1-3-5-4(2)7(9(16)14-12)18-10(5)17-6(3)8(15)13-11/h11-12H2,1-2H3,(H,13,15)(H,14,16). The van der Waals surface area contributed by atoms with E-state index in [1.165, 1.54) is 22.7 Å². The van der Waals surface area contributed by atoms with E-state index in [0.717, 1.165) is 20.5 Å². The molecule has 18 heavy (non-hydrogen) atoms. The Hall–Kier alpha value is -1.48. The van der Waals surface area contributed by atoms with Gasteiger partial charge in [0.05, 0.1) is 13.8 Å². The van der Waals surface area contributed by atoms with Gasteiger partial charge in [-0.15, -0.1) is 22.7 Å². The maximum Gasteiger partial charge on any atom is 0.275 e. The molecule has 0 spiro atoms. The van der Waals surface area contributed by atoms with Gasteiger partial charge in [-0.25, -0.2) is 11.7 Å². The summed E-state index contributed by atoms with van der Waals surface area (Å²) in [5.41, 5.74) is 5.91. The highest BCUT2D eigenvalue weighted by molar-refractivity contribution is 7.40. The lowest BCUT2D eigenvalue weighted by Gasteiger charge is -1.99. The third-order valence-electron chi connectivity index (χ3n) is 2.70. The quantitative estimate of drug-likeness (QED) is 0.371. The lowest BCUT2D eigenvalue weighted by Crippen LogP contribution is -2.30. The number of amides is 2. The van der Waals surface area contributed by atoms with Gasteiger partial charge in [0.15, 0.2) is 0 Å². The molecule has 0 aliphatic heterocycles. The van der Waals surface area contributed by atoms with Gasteiger partial charge >= 0.3 is 0 Å². The summed E-state index contributed by atoms with van der Waals surface area (Å²) in [5.74, 6) is 9.63. The number of hydrogen-bond acceptors (Lipinski definition) is 6. The molecular weight excluding hydrogens is 272 g/mol. The predicted molar refractivity (Wildman–Crippen MR) is 72.5 cm³/mol. The van der Waals surface area contributed by atoms with E-state index < -0.39 is 0 Å². The molecule has 8 heteroatoms. The maximum absolute atomic E-state index is 11.6. The van der Waals surface area contributed by atoms with E-state index in [2.05, 4.69) is 10.9 Å². The molecule has 6 N–H and O–H groups in total. The summed E-state index contributed by atoms with van der Waals surface area (Å²) in [4.78, 5) is 24.3. The number of aryl methyl sites for hydroxylation is 2. The van der Waals surface area contributed by atoms with Gasteiger partial charge in [-0.1, -0.05) is 0 Å². The van der Waals surface area contributed by atoms with Gasteiger partial charge in [-0.05, 0) is 25.0 Å². The summed E-state index contributed by atoms with van der Waals surface area (Å²) in [7, 11) is 0. The second-order valence-corrected chi connectivity index (χ2v) is 6.02. The lowest BCUT2D eigenvalue weighted by atomic mass is 10.1. The Kier molecular flexibility index (Phi) is 3.35. The van der Waals surface area contributed by atoms with E-state index >= 15 is 0 Å². The fraction of sp³-hybridized carbons (Fsp3) is 0.200. The molecular formula is C10H12N4O2S2. The van der Waals surface area contributed by atoms with E-state index in [1.54, 1.807) is 0 Å². The van der Waals surface area contributed by atoms with Gasteiger partial charge in [0.25, 0.3) is 11.8 Å². The maximum atomic E-state index is 11.6. The molecule has 0 fully saturated rings. The van der Waals surface area contributed by atoms with E-state index in [0.29, 0.717) is 9.75 Å². The highest BCUT2D eigenvalue weighted by Gasteiger charge is 2.22. The van der Waals surface area contributed by atoms with E-state index in [9.17, 15) is 9.59 Å². The molecule has 6 nitrogen and oxygen atoms in total. The van der Waals surface area contributed by atoms with Crippen molar-refractivity contribution in [2.75, 3.05) is 0 Å². The average molecular weight is 284 g/mol. The molecule has 2 amide bonds. The molecule has 2 heterocycles. The number of thiophene rings is 2. The minimum atomic E-state index is -0.315. The number of rotatable bonds is 2. The van der Waals surface area contributed by atoms with Crippen LogP contribution in [0.3, 0.4) is 0 Å². The molecule has 2 aromatic heterocycles. The zero-order chi connectivity index (χ0) is 13.4. The van der Waals surface area contributed by atoms with Gasteiger partial charge in [-0.3, -0.25) is 20.4 Å². The van der Waals surface area contributed by atoms with Gasteiger partial charge in [-0.2, -0.15) is 0 Å². The van der Waals surface area contributed by atoms with Gasteiger partial charge < -0.3 is 0 Å². The van der Waals surface area contributed by atoms with Crippen molar-refractivity contribution in [2.24, 2.45) is 11.7 Å². The smallest absolute Gasteiger partial charge is 0.275 e. The number of nitrogens with two attached hydrogens (primary N) is 2. The van der Waals surface area contributed by atoms with Gasteiger partial charge in [0.2, 0.25) is 0 Å². The van der Waals surface area contributed by atoms with Crippen molar-refractivity contribution in [1.29, 1.82) is 0 Å². The molecule has 0 bridgehead atoms. The van der Waals surface area contributed by atoms with Crippen LogP contribution in [0.25, 0.3) is 9.40 Å². The first-order valence-corrected chi connectivity index (χ1v) is 6.69. The first-order valence-electron chi connectivity index (χ1n) is 5.05. The minimum absolute atomic E-state index is 0.315. The van der Waals surface area contributed by atoms with E-state index in [4.69, 9.17) is 11.7 Å². The predicted octanol–water partition coefficient (Wildman–Crippen LogP) is 0.787. The molecule has 0 radical (unpaired) electrons. The molecule has 0 unspecified atom stereocenters. The second-order valence-electron chi connectivity index (χ2n) is 3.72. The van der Waals surface area contributed by atoms with Crippen LogP contribution in [0.15, 0.2) is 0 Å². The summed E-state index contributed by atoms with van der Waals surface area (Å²) in [6.07, 6.45) is 0. The lowest BCUT2D eigenvalue weighted by molar-refractivity contribution is 0.0949. The Morgan fingerprint density at radius 3 is 1.61 bits per heavy atom. The van der Waals surface area contributed by atoms with Crippen molar-refractivity contribution in [2.45, 2.75) is 13.8 Å². The van der Waals surface area contributed by atoms with Crippen molar-refractivity contribution in [1.82, 2.24) is 10.9 Å². The van der Waals surface area contributed by atoms with Crippen LogP contribution in [0.5, 0.6) is 0 Å². The minimum Gasteiger partial charge on any atom is -0.289 e. The first-order chi connectivity index (χ1) is 8.51. The Labute approximate surface area is 111 Å². The van der Waals surface area contributed by atoms with Crippen LogP contribution in [0.4, 0.5) is 0 Å². The first kappa shape index (κ1) is 13.0. The van der Waals surface area contributed by atoms with Crippen molar-refractivity contribution in [3.63, 3.8) is 0 Å².